The first-order valence-electron chi connectivity index (χ1n) is 7.77. The highest BCUT2D eigenvalue weighted by Gasteiger charge is 2.30. The van der Waals surface area contributed by atoms with Crippen molar-refractivity contribution in [3.63, 3.8) is 0 Å². The van der Waals surface area contributed by atoms with Crippen molar-refractivity contribution in [3.8, 4) is 6.07 Å². The largest absolute Gasteiger partial charge is 0.408 e. The molecule has 1 unspecified atom stereocenters. The van der Waals surface area contributed by atoms with Gasteiger partial charge in [0, 0.05) is 0 Å². The van der Waals surface area contributed by atoms with Gasteiger partial charge in [0.05, 0.1) is 42.5 Å². The molecule has 1 radical (unpaired) electrons. The Hall–Kier alpha value is -1.90. The topological polar surface area (TPSA) is 50.8 Å². The molecule has 2 rings (SSSR count). The number of aromatic nitrogens is 2. The van der Waals surface area contributed by atoms with Crippen molar-refractivity contribution < 1.29 is 4.43 Å². The molecule has 0 aliphatic carbocycles. The van der Waals surface area contributed by atoms with E-state index in [0.717, 1.165) is 11.3 Å². The van der Waals surface area contributed by atoms with Crippen LogP contribution in [0.5, 0.6) is 0 Å². The Labute approximate surface area is 140 Å². The van der Waals surface area contributed by atoms with E-state index in [1.807, 2.05) is 36.8 Å². The third-order valence-electron chi connectivity index (χ3n) is 3.63. The van der Waals surface area contributed by atoms with Gasteiger partial charge in [0.25, 0.3) is 0 Å². The number of rotatable bonds is 5. The quantitative estimate of drug-likeness (QED) is 0.775. The van der Waals surface area contributed by atoms with E-state index < -0.39 is 9.04 Å². The molecular weight excluding hydrogens is 302 g/mol. The zero-order valence-corrected chi connectivity index (χ0v) is 15.5. The second-order valence-corrected chi connectivity index (χ2v) is 9.04. The van der Waals surface area contributed by atoms with Gasteiger partial charge in [0.15, 0.2) is 0 Å². The molecule has 0 fully saturated rings. The van der Waals surface area contributed by atoms with Crippen LogP contribution in [0.25, 0.3) is 0 Å². The summed E-state index contributed by atoms with van der Waals surface area (Å²) in [6.45, 7) is 11.5. The minimum absolute atomic E-state index is 0.0110. The summed E-state index contributed by atoms with van der Waals surface area (Å²) in [4.78, 5) is 4.33. The van der Waals surface area contributed by atoms with E-state index in [4.69, 9.17) is 4.43 Å². The van der Waals surface area contributed by atoms with Gasteiger partial charge in [-0.05, 0) is 30.1 Å². The van der Waals surface area contributed by atoms with Crippen molar-refractivity contribution >= 4 is 9.04 Å². The van der Waals surface area contributed by atoms with Gasteiger partial charge in [-0.3, -0.25) is 0 Å². The van der Waals surface area contributed by atoms with Crippen LogP contribution in [0.2, 0.25) is 13.1 Å². The van der Waals surface area contributed by atoms with Gasteiger partial charge < -0.3 is 8.99 Å². The van der Waals surface area contributed by atoms with Gasteiger partial charge in [-0.15, -0.1) is 0 Å². The fraction of sp³-hybridized carbons (Fsp3) is 0.444. The zero-order valence-electron chi connectivity index (χ0n) is 14.5. The average molecular weight is 326 g/mol. The van der Waals surface area contributed by atoms with Crippen molar-refractivity contribution in [1.82, 2.24) is 9.55 Å². The van der Waals surface area contributed by atoms with Crippen molar-refractivity contribution in [3.05, 3.63) is 53.6 Å². The van der Waals surface area contributed by atoms with E-state index in [-0.39, 0.29) is 11.5 Å². The van der Waals surface area contributed by atoms with Crippen molar-refractivity contribution in [2.24, 2.45) is 5.41 Å². The summed E-state index contributed by atoms with van der Waals surface area (Å²) in [6.07, 6.45) is 3.70. The maximum absolute atomic E-state index is 9.28. The van der Waals surface area contributed by atoms with Crippen LogP contribution in [0.3, 0.4) is 0 Å². The van der Waals surface area contributed by atoms with Gasteiger partial charge in [-0.25, -0.2) is 4.98 Å². The fourth-order valence-corrected chi connectivity index (χ4v) is 3.49. The number of imidazole rings is 1. The molecule has 0 aliphatic rings. The highest BCUT2D eigenvalue weighted by molar-refractivity contribution is 6.48. The second-order valence-electron chi connectivity index (χ2n) is 6.99. The van der Waals surface area contributed by atoms with Crippen LogP contribution in [0, 0.1) is 16.7 Å². The van der Waals surface area contributed by atoms with E-state index in [1.54, 1.807) is 0 Å². The lowest BCUT2D eigenvalue weighted by atomic mass is 9.87. The maximum Gasteiger partial charge on any atom is 0.205 e. The predicted molar refractivity (Wildman–Crippen MR) is 93.2 cm³/mol. The Morgan fingerprint density at radius 2 is 2.00 bits per heavy atom. The van der Waals surface area contributed by atoms with Crippen molar-refractivity contribution in [1.29, 1.82) is 5.26 Å². The van der Waals surface area contributed by atoms with E-state index in [2.05, 4.69) is 49.5 Å². The Kier molecular flexibility index (Phi) is 5.40. The summed E-state index contributed by atoms with van der Waals surface area (Å²) in [5.41, 5.74) is 2.75. The van der Waals surface area contributed by atoms with Crippen LogP contribution >= 0.6 is 0 Å². The first-order valence-corrected chi connectivity index (χ1v) is 10.2. The van der Waals surface area contributed by atoms with E-state index in [0.29, 0.717) is 12.1 Å². The molecule has 1 aromatic carbocycles. The lowest BCUT2D eigenvalue weighted by Gasteiger charge is -2.33. The normalized spacial score (nSPS) is 13.1. The van der Waals surface area contributed by atoms with Gasteiger partial charge in [-0.2, -0.15) is 5.26 Å². The third-order valence-corrected chi connectivity index (χ3v) is 4.34. The first kappa shape index (κ1) is 17.5. The van der Waals surface area contributed by atoms with Crippen molar-refractivity contribution in [2.45, 2.75) is 46.5 Å². The third kappa shape index (κ3) is 4.31. The summed E-state index contributed by atoms with van der Waals surface area (Å²) in [7, 11) is -0.836. The van der Waals surface area contributed by atoms with Gasteiger partial charge >= 0.3 is 0 Å². The molecule has 0 N–H and O–H groups in total. The van der Waals surface area contributed by atoms with Gasteiger partial charge in [0.2, 0.25) is 9.04 Å². The van der Waals surface area contributed by atoms with Crippen LogP contribution in [-0.4, -0.2) is 18.6 Å². The number of hydrogen-bond acceptors (Lipinski definition) is 3. The Morgan fingerprint density at radius 1 is 1.30 bits per heavy atom. The molecule has 0 spiro atoms. The Balaban J connectivity index is 2.36. The molecule has 0 saturated heterocycles. The summed E-state index contributed by atoms with van der Waals surface area (Å²) in [5.74, 6) is 0. The smallest absolute Gasteiger partial charge is 0.205 e. The molecule has 1 aromatic heterocycles. The molecule has 4 nitrogen and oxygen atoms in total. The van der Waals surface area contributed by atoms with Gasteiger partial charge in [0.1, 0.15) is 0 Å². The number of benzene rings is 1. The highest BCUT2D eigenvalue weighted by Crippen LogP contribution is 2.36. The molecular formula is C18H24N3OSi. The lowest BCUT2D eigenvalue weighted by molar-refractivity contribution is 0.0796. The van der Waals surface area contributed by atoms with Crippen LogP contribution in [-0.2, 0) is 11.0 Å². The molecule has 0 saturated carbocycles. The van der Waals surface area contributed by atoms with Crippen LogP contribution in [0.15, 0.2) is 36.8 Å². The van der Waals surface area contributed by atoms with Gasteiger partial charge in [-0.1, -0.05) is 39.0 Å². The molecule has 121 valence electrons. The summed E-state index contributed by atoms with van der Waals surface area (Å²) in [5, 5.41) is 9.28. The summed E-state index contributed by atoms with van der Waals surface area (Å²) in [6, 6.07) is 9.95. The molecule has 1 atom stereocenters. The van der Waals surface area contributed by atoms with E-state index in [9.17, 15) is 5.26 Å². The first-order chi connectivity index (χ1) is 10.8. The predicted octanol–water partition coefficient (Wildman–Crippen LogP) is 4.16. The summed E-state index contributed by atoms with van der Waals surface area (Å²) < 4.78 is 8.36. The monoisotopic (exact) mass is 326 g/mol. The molecule has 5 heteroatoms. The van der Waals surface area contributed by atoms with Crippen molar-refractivity contribution in [2.75, 3.05) is 0 Å². The minimum atomic E-state index is -0.836. The SMILES string of the molecule is C[Si](C)OC(c1cncn1Cc1ccccc1C#N)C(C)(C)C. The van der Waals surface area contributed by atoms with Crippen LogP contribution < -0.4 is 0 Å². The highest BCUT2D eigenvalue weighted by atomic mass is 28.3. The minimum Gasteiger partial charge on any atom is -0.408 e. The average Bonchev–Trinajstić information content (AvgIpc) is 2.92. The molecule has 2 aromatic rings. The molecule has 1 heterocycles. The summed E-state index contributed by atoms with van der Waals surface area (Å²) >= 11 is 0. The lowest BCUT2D eigenvalue weighted by Crippen LogP contribution is -2.28. The number of hydrogen-bond donors (Lipinski definition) is 0. The second kappa shape index (κ2) is 7.11. The zero-order chi connectivity index (χ0) is 17.0. The molecule has 0 bridgehead atoms. The molecule has 0 aliphatic heterocycles. The Bertz CT molecular complexity index is 695. The van der Waals surface area contributed by atoms with Crippen LogP contribution in [0.1, 0.15) is 43.7 Å². The molecule has 0 amide bonds. The van der Waals surface area contributed by atoms with Crippen LogP contribution in [0.4, 0.5) is 0 Å². The van der Waals surface area contributed by atoms with E-state index in [1.165, 1.54) is 0 Å². The number of nitrogens with zero attached hydrogens (tertiary/aromatic N) is 3. The number of nitriles is 1. The fourth-order valence-electron chi connectivity index (χ4n) is 2.55. The Morgan fingerprint density at radius 3 is 2.61 bits per heavy atom. The molecule has 23 heavy (non-hydrogen) atoms. The van der Waals surface area contributed by atoms with E-state index >= 15 is 0 Å². The maximum atomic E-state index is 9.28. The standard InChI is InChI=1S/C18H24N3OSi/c1-18(2,3)17(22-23(4)5)16-11-20-13-21(16)12-15-9-7-6-8-14(15)10-19/h6-9,11,13,17H,12H2,1-5H3.